The third-order valence-corrected chi connectivity index (χ3v) is 7.27. The van der Waals surface area contributed by atoms with Gasteiger partial charge < -0.3 is 14.8 Å². The molecule has 1 aliphatic rings. The molecule has 2 heterocycles. The second kappa shape index (κ2) is 10.2. The van der Waals surface area contributed by atoms with Crippen LogP contribution in [0.25, 0.3) is 5.69 Å². The molecule has 1 atom stereocenters. The van der Waals surface area contributed by atoms with E-state index in [4.69, 9.17) is 0 Å². The minimum atomic E-state index is -0.167. The molecule has 35 heavy (non-hydrogen) atoms. The summed E-state index contributed by atoms with van der Waals surface area (Å²) in [6, 6.07) is 23.3. The van der Waals surface area contributed by atoms with E-state index in [1.165, 1.54) is 17.3 Å². The maximum atomic E-state index is 13.1. The zero-order chi connectivity index (χ0) is 24.2. The van der Waals surface area contributed by atoms with E-state index >= 15 is 0 Å². The number of nitrogens with zero attached hydrogens (tertiary/aromatic N) is 3. The Kier molecular flexibility index (Phi) is 6.68. The predicted octanol–water partition coefficient (Wildman–Crippen LogP) is 5.04. The van der Waals surface area contributed by atoms with Crippen LogP contribution in [-0.4, -0.2) is 33.7 Å². The fourth-order valence-electron chi connectivity index (χ4n) is 4.30. The normalized spacial score (nSPS) is 13.3. The van der Waals surface area contributed by atoms with Crippen LogP contribution in [0.1, 0.15) is 34.5 Å². The number of benzene rings is 3. The molecule has 0 bridgehead atoms. The second-order valence-electron chi connectivity index (χ2n) is 8.47. The number of anilines is 1. The summed E-state index contributed by atoms with van der Waals surface area (Å²) in [6.45, 7) is 2.67. The second-order valence-corrected chi connectivity index (χ2v) is 9.48. The Bertz CT molecular complexity index is 1340. The Balaban J connectivity index is 1.23. The van der Waals surface area contributed by atoms with E-state index in [0.29, 0.717) is 12.1 Å². The summed E-state index contributed by atoms with van der Waals surface area (Å²) in [7, 11) is 0. The SMILES string of the molecule is C[C@@H](NC(=O)c1ccccc1SCC(=O)N1CCc2ccccc21)c1ccc(-n2ccnc2)cc1. The molecule has 176 valence electrons. The molecule has 0 aliphatic carbocycles. The monoisotopic (exact) mass is 482 g/mol. The summed E-state index contributed by atoms with van der Waals surface area (Å²) in [5.74, 6) is 0.184. The number of fused-ring (bicyclic) bond motifs is 1. The summed E-state index contributed by atoms with van der Waals surface area (Å²) in [5, 5.41) is 3.10. The van der Waals surface area contributed by atoms with Crippen molar-refractivity contribution >= 4 is 29.3 Å². The fraction of sp³-hybridized carbons (Fsp3) is 0.179. The molecule has 1 N–H and O–H groups in total. The molecule has 0 spiro atoms. The Labute approximate surface area is 209 Å². The van der Waals surface area contributed by atoms with Crippen LogP contribution in [0.15, 0.2) is 96.4 Å². The van der Waals surface area contributed by atoms with Crippen molar-refractivity contribution < 1.29 is 9.59 Å². The first-order valence-electron chi connectivity index (χ1n) is 11.6. The van der Waals surface area contributed by atoms with Crippen molar-refractivity contribution in [3.05, 3.63) is 108 Å². The van der Waals surface area contributed by atoms with Crippen molar-refractivity contribution in [1.82, 2.24) is 14.9 Å². The average Bonchev–Trinajstić information content (AvgIpc) is 3.58. The van der Waals surface area contributed by atoms with Gasteiger partial charge in [0.25, 0.3) is 5.91 Å². The highest BCUT2D eigenvalue weighted by Gasteiger charge is 2.24. The maximum absolute atomic E-state index is 13.1. The Morgan fingerprint density at radius 3 is 2.60 bits per heavy atom. The molecule has 3 aromatic carbocycles. The zero-order valence-electron chi connectivity index (χ0n) is 19.4. The Morgan fingerprint density at radius 2 is 1.80 bits per heavy atom. The Morgan fingerprint density at radius 1 is 1.03 bits per heavy atom. The van der Waals surface area contributed by atoms with Gasteiger partial charge in [-0.1, -0.05) is 42.5 Å². The quantitative estimate of drug-likeness (QED) is 0.375. The van der Waals surface area contributed by atoms with Gasteiger partial charge in [-0.25, -0.2) is 4.98 Å². The molecule has 4 aromatic rings. The van der Waals surface area contributed by atoms with Gasteiger partial charge in [0.1, 0.15) is 0 Å². The predicted molar refractivity (Wildman–Crippen MR) is 139 cm³/mol. The molecule has 2 amide bonds. The van der Waals surface area contributed by atoms with Crippen LogP contribution < -0.4 is 10.2 Å². The van der Waals surface area contributed by atoms with E-state index < -0.39 is 0 Å². The molecule has 1 aliphatic heterocycles. The number of thioether (sulfide) groups is 1. The highest BCUT2D eigenvalue weighted by Crippen LogP contribution is 2.30. The van der Waals surface area contributed by atoms with Crippen molar-refractivity contribution in [3.63, 3.8) is 0 Å². The van der Waals surface area contributed by atoms with Gasteiger partial charge in [-0.05, 0) is 54.8 Å². The third kappa shape index (κ3) is 5.00. The summed E-state index contributed by atoms with van der Waals surface area (Å²) in [4.78, 5) is 32.8. The number of carbonyl (C=O) groups excluding carboxylic acids is 2. The highest BCUT2D eigenvalue weighted by atomic mass is 32.2. The molecule has 7 heteroatoms. The van der Waals surface area contributed by atoms with Gasteiger partial charge in [-0.2, -0.15) is 0 Å². The van der Waals surface area contributed by atoms with Gasteiger partial charge in [0, 0.05) is 35.2 Å². The smallest absolute Gasteiger partial charge is 0.252 e. The van der Waals surface area contributed by atoms with Gasteiger partial charge in [0.2, 0.25) is 5.91 Å². The molecule has 5 rings (SSSR count). The molecule has 0 saturated heterocycles. The topological polar surface area (TPSA) is 67.2 Å². The maximum Gasteiger partial charge on any atom is 0.252 e. The van der Waals surface area contributed by atoms with Crippen LogP contribution in [0.3, 0.4) is 0 Å². The van der Waals surface area contributed by atoms with Gasteiger partial charge in [-0.15, -0.1) is 11.8 Å². The highest BCUT2D eigenvalue weighted by molar-refractivity contribution is 8.00. The lowest BCUT2D eigenvalue weighted by atomic mass is 10.1. The van der Waals surface area contributed by atoms with Crippen LogP contribution in [0.5, 0.6) is 0 Å². The molecular weight excluding hydrogens is 456 g/mol. The molecule has 0 unspecified atom stereocenters. The number of hydrogen-bond acceptors (Lipinski definition) is 4. The van der Waals surface area contributed by atoms with Crippen molar-refractivity contribution in [1.29, 1.82) is 0 Å². The number of nitrogens with one attached hydrogen (secondary N) is 1. The number of amides is 2. The largest absolute Gasteiger partial charge is 0.345 e. The molecular formula is C28H26N4O2S. The van der Waals surface area contributed by atoms with Crippen LogP contribution >= 0.6 is 11.8 Å². The van der Waals surface area contributed by atoms with Gasteiger partial charge in [-0.3, -0.25) is 9.59 Å². The number of hydrogen-bond donors (Lipinski definition) is 1. The van der Waals surface area contributed by atoms with Crippen LogP contribution in [-0.2, 0) is 11.2 Å². The van der Waals surface area contributed by atoms with E-state index in [9.17, 15) is 9.59 Å². The lowest BCUT2D eigenvalue weighted by Gasteiger charge is -2.18. The molecule has 0 saturated carbocycles. The minimum Gasteiger partial charge on any atom is -0.345 e. The molecule has 1 aromatic heterocycles. The van der Waals surface area contributed by atoms with Crippen LogP contribution in [0.2, 0.25) is 0 Å². The van der Waals surface area contributed by atoms with Crippen molar-refractivity contribution in [2.45, 2.75) is 24.3 Å². The van der Waals surface area contributed by atoms with E-state index in [1.54, 1.807) is 12.5 Å². The van der Waals surface area contributed by atoms with Gasteiger partial charge in [0.05, 0.1) is 23.7 Å². The first kappa shape index (κ1) is 22.9. The number of carbonyl (C=O) groups is 2. The molecule has 0 radical (unpaired) electrons. The molecule has 6 nitrogen and oxygen atoms in total. The summed E-state index contributed by atoms with van der Waals surface area (Å²) < 4.78 is 1.93. The third-order valence-electron chi connectivity index (χ3n) is 6.21. The first-order chi connectivity index (χ1) is 17.1. The Hall–Kier alpha value is -3.84. The zero-order valence-corrected chi connectivity index (χ0v) is 20.2. The van der Waals surface area contributed by atoms with Crippen LogP contribution in [0.4, 0.5) is 5.69 Å². The summed E-state index contributed by atoms with van der Waals surface area (Å²) in [5.41, 5.74) is 4.80. The average molecular weight is 483 g/mol. The van der Waals surface area contributed by atoms with Gasteiger partial charge >= 0.3 is 0 Å². The van der Waals surface area contributed by atoms with E-state index in [1.807, 2.05) is 89.3 Å². The standard InChI is InChI=1S/C28H26N4O2S/c1-20(21-10-12-23(13-11-21)31-17-15-29-19-31)30-28(34)24-7-3-5-9-26(24)35-18-27(33)32-16-14-22-6-2-4-8-25(22)32/h2-13,15,17,19-20H,14,16,18H2,1H3,(H,30,34)/t20-/m1/s1. The fourth-order valence-corrected chi connectivity index (χ4v) is 5.23. The van der Waals surface area contributed by atoms with E-state index in [2.05, 4.69) is 16.4 Å². The van der Waals surface area contributed by atoms with Crippen molar-refractivity contribution in [2.75, 3.05) is 17.2 Å². The first-order valence-corrected chi connectivity index (χ1v) is 12.6. The van der Waals surface area contributed by atoms with Crippen molar-refractivity contribution in [2.24, 2.45) is 0 Å². The summed E-state index contributed by atoms with van der Waals surface area (Å²) >= 11 is 1.41. The van der Waals surface area contributed by atoms with E-state index in [0.717, 1.165) is 28.3 Å². The number of rotatable bonds is 7. The van der Waals surface area contributed by atoms with E-state index in [-0.39, 0.29) is 23.6 Å². The minimum absolute atomic E-state index is 0.0570. The number of para-hydroxylation sites is 1. The number of aromatic nitrogens is 2. The lowest BCUT2D eigenvalue weighted by Crippen LogP contribution is -2.30. The summed E-state index contributed by atoms with van der Waals surface area (Å²) in [6.07, 6.45) is 6.26. The molecule has 0 fully saturated rings. The lowest BCUT2D eigenvalue weighted by molar-refractivity contribution is -0.116. The van der Waals surface area contributed by atoms with Crippen LogP contribution in [0, 0.1) is 0 Å². The number of imidazole rings is 1. The van der Waals surface area contributed by atoms with Gasteiger partial charge in [0.15, 0.2) is 0 Å². The van der Waals surface area contributed by atoms with Crippen molar-refractivity contribution in [3.8, 4) is 5.69 Å².